The van der Waals surface area contributed by atoms with Crippen LogP contribution in [0.1, 0.15) is 12.5 Å². The second-order valence-electron chi connectivity index (χ2n) is 4.48. The third-order valence-electron chi connectivity index (χ3n) is 2.88. The minimum atomic E-state index is -0.951. The van der Waals surface area contributed by atoms with Gasteiger partial charge in [-0.25, -0.2) is 8.78 Å². The van der Waals surface area contributed by atoms with Crippen LogP contribution in [-0.2, 0) is 4.79 Å². The number of nitriles is 1. The molecule has 0 aromatic heterocycles. The summed E-state index contributed by atoms with van der Waals surface area (Å²) < 4.78 is 26.0. The Labute approximate surface area is 131 Å². The number of para-hydroxylation sites is 1. The number of hydrogen-bond donors (Lipinski definition) is 1. The summed E-state index contributed by atoms with van der Waals surface area (Å²) >= 11 is 1.11. The molecule has 0 bridgehead atoms. The van der Waals surface area contributed by atoms with E-state index in [0.717, 1.165) is 23.9 Å². The highest BCUT2D eigenvalue weighted by atomic mass is 32.2. The maximum Gasteiger partial charge on any atom is 0.237 e. The van der Waals surface area contributed by atoms with E-state index in [1.165, 1.54) is 6.07 Å². The van der Waals surface area contributed by atoms with Crippen molar-refractivity contribution in [3.05, 3.63) is 59.7 Å². The number of nitrogens with zero attached hydrogens (tertiary/aromatic N) is 1. The van der Waals surface area contributed by atoms with Crippen LogP contribution in [0.15, 0.2) is 47.4 Å². The predicted molar refractivity (Wildman–Crippen MR) is 81.5 cm³/mol. The van der Waals surface area contributed by atoms with Gasteiger partial charge in [-0.1, -0.05) is 12.1 Å². The van der Waals surface area contributed by atoms with E-state index in [2.05, 4.69) is 5.32 Å². The van der Waals surface area contributed by atoms with Gasteiger partial charge in [-0.2, -0.15) is 5.26 Å². The molecule has 0 saturated heterocycles. The molecule has 1 atom stereocenters. The standard InChI is InChI=1S/C16H12F2N2OS/c1-10(22-12-6-7-13(17)14(18)8-12)16(21)20-15-5-3-2-4-11(15)9-19/h2-8,10H,1H3,(H,20,21)/t10-/m1/s1. The average Bonchev–Trinajstić information content (AvgIpc) is 2.51. The lowest BCUT2D eigenvalue weighted by Gasteiger charge is -2.13. The topological polar surface area (TPSA) is 52.9 Å². The van der Waals surface area contributed by atoms with Crippen LogP contribution in [0.25, 0.3) is 0 Å². The molecule has 22 heavy (non-hydrogen) atoms. The van der Waals surface area contributed by atoms with E-state index in [4.69, 9.17) is 5.26 Å². The monoisotopic (exact) mass is 318 g/mol. The number of amides is 1. The van der Waals surface area contributed by atoms with E-state index < -0.39 is 16.9 Å². The van der Waals surface area contributed by atoms with E-state index >= 15 is 0 Å². The zero-order chi connectivity index (χ0) is 16.1. The van der Waals surface area contributed by atoms with Crippen molar-refractivity contribution in [3.63, 3.8) is 0 Å². The fraction of sp³-hybridized carbons (Fsp3) is 0.125. The molecule has 3 nitrogen and oxygen atoms in total. The van der Waals surface area contributed by atoms with Crippen LogP contribution in [0.4, 0.5) is 14.5 Å². The molecule has 0 aliphatic carbocycles. The van der Waals surface area contributed by atoms with Gasteiger partial charge in [-0.15, -0.1) is 11.8 Å². The van der Waals surface area contributed by atoms with Crippen molar-refractivity contribution in [2.24, 2.45) is 0 Å². The lowest BCUT2D eigenvalue weighted by atomic mass is 10.2. The van der Waals surface area contributed by atoms with Gasteiger partial charge in [0.15, 0.2) is 11.6 Å². The molecule has 0 spiro atoms. The molecular weight excluding hydrogens is 306 g/mol. The highest BCUT2D eigenvalue weighted by Gasteiger charge is 2.16. The number of rotatable bonds is 4. The first-order valence-corrected chi connectivity index (χ1v) is 7.31. The Morgan fingerprint density at radius 2 is 1.95 bits per heavy atom. The Morgan fingerprint density at radius 1 is 1.23 bits per heavy atom. The van der Waals surface area contributed by atoms with E-state index in [1.807, 2.05) is 6.07 Å². The lowest BCUT2D eigenvalue weighted by Crippen LogP contribution is -2.22. The molecule has 0 unspecified atom stereocenters. The van der Waals surface area contributed by atoms with Crippen molar-refractivity contribution in [1.82, 2.24) is 0 Å². The van der Waals surface area contributed by atoms with Gasteiger partial charge in [0.2, 0.25) is 5.91 Å². The van der Waals surface area contributed by atoms with Crippen LogP contribution >= 0.6 is 11.8 Å². The summed E-state index contributed by atoms with van der Waals surface area (Å²) in [7, 11) is 0. The largest absolute Gasteiger partial charge is 0.324 e. The normalized spacial score (nSPS) is 11.5. The summed E-state index contributed by atoms with van der Waals surface area (Å²) in [4.78, 5) is 12.6. The van der Waals surface area contributed by atoms with Gasteiger partial charge < -0.3 is 5.32 Å². The van der Waals surface area contributed by atoms with Gasteiger partial charge in [0, 0.05) is 4.90 Å². The molecule has 0 heterocycles. The first-order valence-electron chi connectivity index (χ1n) is 6.43. The number of anilines is 1. The van der Waals surface area contributed by atoms with E-state index in [1.54, 1.807) is 31.2 Å². The van der Waals surface area contributed by atoms with E-state index in [0.29, 0.717) is 16.1 Å². The summed E-state index contributed by atoms with van der Waals surface area (Å²) in [5.74, 6) is -2.20. The summed E-state index contributed by atoms with van der Waals surface area (Å²) in [6.07, 6.45) is 0. The van der Waals surface area contributed by atoms with Crippen molar-refractivity contribution in [3.8, 4) is 6.07 Å². The number of halogens is 2. The van der Waals surface area contributed by atoms with Crippen molar-refractivity contribution in [2.45, 2.75) is 17.1 Å². The van der Waals surface area contributed by atoms with Crippen LogP contribution in [0.5, 0.6) is 0 Å². The molecule has 0 aliphatic heterocycles. The quantitative estimate of drug-likeness (QED) is 0.868. The number of hydrogen-bond acceptors (Lipinski definition) is 3. The summed E-state index contributed by atoms with van der Waals surface area (Å²) in [6, 6.07) is 12.1. The maximum atomic E-state index is 13.2. The molecule has 2 aromatic rings. The fourth-order valence-corrected chi connectivity index (χ4v) is 2.62. The molecule has 1 amide bonds. The number of carbonyl (C=O) groups is 1. The zero-order valence-electron chi connectivity index (χ0n) is 11.6. The van der Waals surface area contributed by atoms with E-state index in [9.17, 15) is 13.6 Å². The zero-order valence-corrected chi connectivity index (χ0v) is 12.5. The smallest absolute Gasteiger partial charge is 0.237 e. The Kier molecular flexibility index (Phi) is 5.12. The molecule has 112 valence electrons. The van der Waals surface area contributed by atoms with Crippen molar-refractivity contribution in [2.75, 3.05) is 5.32 Å². The van der Waals surface area contributed by atoms with Crippen molar-refractivity contribution in [1.29, 1.82) is 5.26 Å². The van der Waals surface area contributed by atoms with Crippen LogP contribution in [0, 0.1) is 23.0 Å². The molecule has 1 N–H and O–H groups in total. The molecule has 0 radical (unpaired) electrons. The number of benzene rings is 2. The Bertz CT molecular complexity index is 743. The van der Waals surface area contributed by atoms with Crippen molar-refractivity contribution < 1.29 is 13.6 Å². The summed E-state index contributed by atoms with van der Waals surface area (Å²) in [5, 5.41) is 11.1. The Balaban J connectivity index is 2.06. The fourth-order valence-electron chi connectivity index (χ4n) is 1.73. The highest BCUT2D eigenvalue weighted by molar-refractivity contribution is 8.00. The molecular formula is C16H12F2N2OS. The van der Waals surface area contributed by atoms with Crippen LogP contribution in [-0.4, -0.2) is 11.2 Å². The van der Waals surface area contributed by atoms with E-state index in [-0.39, 0.29) is 5.91 Å². The summed E-state index contributed by atoms with van der Waals surface area (Å²) in [6.45, 7) is 1.65. The highest BCUT2D eigenvalue weighted by Crippen LogP contribution is 2.26. The average molecular weight is 318 g/mol. The molecule has 2 aromatic carbocycles. The Hall–Kier alpha value is -2.39. The van der Waals surface area contributed by atoms with Gasteiger partial charge in [0.25, 0.3) is 0 Å². The molecule has 0 fully saturated rings. The second-order valence-corrected chi connectivity index (χ2v) is 5.90. The molecule has 2 rings (SSSR count). The lowest BCUT2D eigenvalue weighted by molar-refractivity contribution is -0.115. The van der Waals surface area contributed by atoms with Gasteiger partial charge in [0.1, 0.15) is 6.07 Å². The van der Waals surface area contributed by atoms with Gasteiger partial charge in [-0.3, -0.25) is 4.79 Å². The molecule has 0 aliphatic rings. The molecule has 6 heteroatoms. The number of thioether (sulfide) groups is 1. The van der Waals surface area contributed by atoms with Gasteiger partial charge in [-0.05, 0) is 37.3 Å². The number of carbonyl (C=O) groups excluding carboxylic acids is 1. The van der Waals surface area contributed by atoms with Gasteiger partial charge in [0.05, 0.1) is 16.5 Å². The maximum absolute atomic E-state index is 13.2. The third-order valence-corrected chi connectivity index (χ3v) is 3.97. The molecule has 0 saturated carbocycles. The first-order chi connectivity index (χ1) is 10.5. The van der Waals surface area contributed by atoms with Crippen molar-refractivity contribution >= 4 is 23.4 Å². The van der Waals surface area contributed by atoms with Crippen LogP contribution < -0.4 is 5.32 Å². The van der Waals surface area contributed by atoms with Crippen LogP contribution in [0.3, 0.4) is 0 Å². The first kappa shape index (κ1) is 16.0. The minimum absolute atomic E-state index is 0.322. The second kappa shape index (κ2) is 7.05. The van der Waals surface area contributed by atoms with Gasteiger partial charge >= 0.3 is 0 Å². The third kappa shape index (κ3) is 3.83. The predicted octanol–water partition coefficient (Wildman–Crippen LogP) is 3.96. The minimum Gasteiger partial charge on any atom is -0.324 e. The SMILES string of the molecule is C[C@@H](Sc1ccc(F)c(F)c1)C(=O)Nc1ccccc1C#N. The Morgan fingerprint density at radius 3 is 2.64 bits per heavy atom. The van der Waals surface area contributed by atoms with Crippen LogP contribution in [0.2, 0.25) is 0 Å². The summed E-state index contributed by atoms with van der Waals surface area (Å²) in [5.41, 5.74) is 0.786. The number of nitrogens with one attached hydrogen (secondary N) is 1.